The Bertz CT molecular complexity index is 827. The lowest BCUT2D eigenvalue weighted by Gasteiger charge is -2.08. The lowest BCUT2D eigenvalue weighted by Crippen LogP contribution is -1.93. The maximum atomic E-state index is 9.07. The van der Waals surface area contributed by atoms with E-state index in [-0.39, 0.29) is 0 Å². The molecule has 0 aliphatic heterocycles. The Balaban J connectivity index is 2.10. The first kappa shape index (κ1) is 12.4. The lowest BCUT2D eigenvalue weighted by atomic mass is 10.2. The van der Waals surface area contributed by atoms with Crippen molar-refractivity contribution in [2.45, 2.75) is 0 Å². The van der Waals surface area contributed by atoms with Crippen LogP contribution >= 0.6 is 11.6 Å². The summed E-state index contributed by atoms with van der Waals surface area (Å²) in [5.41, 5.74) is 1.14. The highest BCUT2D eigenvalue weighted by Gasteiger charge is 2.09. The smallest absolute Gasteiger partial charge is 0.230 e. The Morgan fingerprint density at radius 2 is 1.95 bits per heavy atom. The van der Waals surface area contributed by atoms with E-state index in [9.17, 15) is 0 Å². The van der Waals surface area contributed by atoms with Gasteiger partial charge in [0.15, 0.2) is 0 Å². The summed E-state index contributed by atoms with van der Waals surface area (Å²) in [5, 5.41) is 10.4. The van der Waals surface area contributed by atoms with E-state index in [0.717, 1.165) is 5.39 Å². The molecule has 0 fully saturated rings. The zero-order chi connectivity index (χ0) is 13.9. The van der Waals surface area contributed by atoms with Crippen LogP contribution < -0.4 is 4.74 Å². The minimum absolute atomic E-state index is 0.398. The zero-order valence-corrected chi connectivity index (χ0v) is 11.0. The molecule has 3 rings (SSSR count). The van der Waals surface area contributed by atoms with E-state index in [1.807, 2.05) is 0 Å². The second kappa shape index (κ2) is 5.16. The fraction of sp³-hybridized carbons (Fsp3) is 0. The van der Waals surface area contributed by atoms with Gasteiger partial charge in [-0.15, -0.1) is 0 Å². The van der Waals surface area contributed by atoms with Gasteiger partial charge in [0.25, 0.3) is 0 Å². The van der Waals surface area contributed by atoms with Crippen LogP contribution in [0.25, 0.3) is 10.9 Å². The quantitative estimate of drug-likeness (QED) is 0.714. The predicted molar refractivity (Wildman–Crippen MR) is 75.8 cm³/mol. The lowest BCUT2D eigenvalue weighted by molar-refractivity contribution is 0.466. The molecular weight excluding hydrogens is 274 g/mol. The molecule has 1 heterocycles. The number of halogens is 1. The second-order valence-corrected chi connectivity index (χ2v) is 4.49. The first-order valence-corrected chi connectivity index (χ1v) is 6.23. The summed E-state index contributed by atoms with van der Waals surface area (Å²) in [6, 6.07) is 14.4. The standard InChI is InChI=1S/C15H8ClN3O/c16-11-5-6-12-13(7-11)18-9-19-15(12)20-14-4-2-1-3-10(14)8-17/h1-7,9H. The van der Waals surface area contributed by atoms with Gasteiger partial charge in [-0.2, -0.15) is 5.26 Å². The zero-order valence-electron chi connectivity index (χ0n) is 10.2. The van der Waals surface area contributed by atoms with Crippen molar-refractivity contribution in [3.8, 4) is 17.7 Å². The summed E-state index contributed by atoms with van der Waals surface area (Å²) in [5.74, 6) is 0.860. The number of fused-ring (bicyclic) bond motifs is 1. The minimum atomic E-state index is 0.398. The third kappa shape index (κ3) is 2.27. The molecule has 20 heavy (non-hydrogen) atoms. The van der Waals surface area contributed by atoms with Crippen LogP contribution in [0.3, 0.4) is 0 Å². The minimum Gasteiger partial charge on any atom is -0.437 e. The first-order valence-electron chi connectivity index (χ1n) is 5.85. The molecule has 0 bridgehead atoms. The highest BCUT2D eigenvalue weighted by molar-refractivity contribution is 6.31. The van der Waals surface area contributed by atoms with Crippen molar-refractivity contribution < 1.29 is 4.74 Å². The molecule has 0 spiro atoms. The van der Waals surface area contributed by atoms with Crippen molar-refractivity contribution in [1.29, 1.82) is 5.26 Å². The van der Waals surface area contributed by atoms with Crippen LogP contribution in [0, 0.1) is 11.3 Å². The van der Waals surface area contributed by atoms with Gasteiger partial charge in [0, 0.05) is 5.02 Å². The Morgan fingerprint density at radius 3 is 2.80 bits per heavy atom. The number of aromatic nitrogens is 2. The molecule has 0 saturated heterocycles. The molecule has 0 aliphatic rings. The fourth-order valence-corrected chi connectivity index (χ4v) is 2.01. The highest BCUT2D eigenvalue weighted by Crippen LogP contribution is 2.29. The molecule has 0 unspecified atom stereocenters. The van der Waals surface area contributed by atoms with Crippen LogP contribution in [-0.4, -0.2) is 9.97 Å². The molecular formula is C15H8ClN3O. The Hall–Kier alpha value is -2.64. The number of ether oxygens (including phenoxy) is 1. The molecule has 0 N–H and O–H groups in total. The van der Waals surface area contributed by atoms with E-state index in [2.05, 4.69) is 16.0 Å². The molecule has 3 aromatic rings. The SMILES string of the molecule is N#Cc1ccccc1Oc1ncnc2cc(Cl)ccc12. The van der Waals surface area contributed by atoms with E-state index in [1.165, 1.54) is 6.33 Å². The predicted octanol–water partition coefficient (Wildman–Crippen LogP) is 3.95. The van der Waals surface area contributed by atoms with Crippen molar-refractivity contribution >= 4 is 22.5 Å². The van der Waals surface area contributed by atoms with Crippen molar-refractivity contribution in [1.82, 2.24) is 9.97 Å². The van der Waals surface area contributed by atoms with Crippen molar-refractivity contribution in [2.24, 2.45) is 0 Å². The molecule has 2 aromatic carbocycles. The molecule has 5 heteroatoms. The second-order valence-electron chi connectivity index (χ2n) is 4.05. The van der Waals surface area contributed by atoms with Gasteiger partial charge in [-0.25, -0.2) is 9.97 Å². The fourth-order valence-electron chi connectivity index (χ4n) is 1.84. The van der Waals surface area contributed by atoms with Gasteiger partial charge >= 0.3 is 0 Å². The summed E-state index contributed by atoms with van der Waals surface area (Å²) in [6.45, 7) is 0. The van der Waals surface area contributed by atoms with Crippen molar-refractivity contribution in [3.05, 3.63) is 59.4 Å². The molecule has 4 nitrogen and oxygen atoms in total. The van der Waals surface area contributed by atoms with Gasteiger partial charge in [-0.05, 0) is 30.3 Å². The van der Waals surface area contributed by atoms with Gasteiger partial charge < -0.3 is 4.74 Å². The third-order valence-corrected chi connectivity index (χ3v) is 3.01. The third-order valence-electron chi connectivity index (χ3n) is 2.78. The average molecular weight is 282 g/mol. The van der Waals surface area contributed by atoms with Crippen LogP contribution in [0.1, 0.15) is 5.56 Å². The van der Waals surface area contributed by atoms with Gasteiger partial charge in [0.1, 0.15) is 18.1 Å². The Morgan fingerprint density at radius 1 is 1.10 bits per heavy atom. The molecule has 0 radical (unpaired) electrons. The Labute approximate surface area is 120 Å². The molecule has 0 amide bonds. The summed E-state index contributed by atoms with van der Waals surface area (Å²) in [6.07, 6.45) is 1.41. The van der Waals surface area contributed by atoms with Crippen LogP contribution in [0.5, 0.6) is 11.6 Å². The van der Waals surface area contributed by atoms with E-state index >= 15 is 0 Å². The number of nitriles is 1. The highest BCUT2D eigenvalue weighted by atomic mass is 35.5. The summed E-state index contributed by atoms with van der Waals surface area (Å²) < 4.78 is 5.74. The topological polar surface area (TPSA) is 58.8 Å². The summed E-state index contributed by atoms with van der Waals surface area (Å²) >= 11 is 5.93. The van der Waals surface area contributed by atoms with Gasteiger partial charge in [-0.1, -0.05) is 23.7 Å². The van der Waals surface area contributed by atoms with E-state index < -0.39 is 0 Å². The van der Waals surface area contributed by atoms with Crippen molar-refractivity contribution in [3.63, 3.8) is 0 Å². The monoisotopic (exact) mass is 281 g/mol. The number of rotatable bonds is 2. The summed E-state index contributed by atoms with van der Waals surface area (Å²) in [4.78, 5) is 8.27. The van der Waals surface area contributed by atoms with E-state index in [1.54, 1.807) is 42.5 Å². The van der Waals surface area contributed by atoms with Crippen LogP contribution in [0.4, 0.5) is 0 Å². The molecule has 0 atom stereocenters. The number of hydrogen-bond donors (Lipinski definition) is 0. The first-order chi connectivity index (χ1) is 9.78. The largest absolute Gasteiger partial charge is 0.437 e. The average Bonchev–Trinajstić information content (AvgIpc) is 2.47. The molecule has 0 aliphatic carbocycles. The molecule has 0 saturated carbocycles. The Kier molecular flexibility index (Phi) is 3.20. The number of nitrogens with zero attached hydrogens (tertiary/aromatic N) is 3. The number of hydrogen-bond acceptors (Lipinski definition) is 4. The normalized spacial score (nSPS) is 10.2. The van der Waals surface area contributed by atoms with E-state index in [4.69, 9.17) is 21.6 Å². The van der Waals surface area contributed by atoms with Crippen LogP contribution in [0.2, 0.25) is 5.02 Å². The number of benzene rings is 2. The van der Waals surface area contributed by atoms with Gasteiger partial charge in [0.2, 0.25) is 5.88 Å². The van der Waals surface area contributed by atoms with Gasteiger partial charge in [-0.3, -0.25) is 0 Å². The van der Waals surface area contributed by atoms with E-state index in [0.29, 0.717) is 27.7 Å². The molecule has 1 aromatic heterocycles. The number of para-hydroxylation sites is 1. The van der Waals surface area contributed by atoms with Crippen LogP contribution in [-0.2, 0) is 0 Å². The summed E-state index contributed by atoms with van der Waals surface area (Å²) in [7, 11) is 0. The maximum Gasteiger partial charge on any atom is 0.230 e. The molecule has 96 valence electrons. The van der Waals surface area contributed by atoms with Crippen LogP contribution in [0.15, 0.2) is 48.8 Å². The van der Waals surface area contributed by atoms with Gasteiger partial charge in [0.05, 0.1) is 16.5 Å². The maximum absolute atomic E-state index is 9.07. The van der Waals surface area contributed by atoms with Crippen molar-refractivity contribution in [2.75, 3.05) is 0 Å².